The van der Waals surface area contributed by atoms with Gasteiger partial charge in [0.1, 0.15) is 5.75 Å². The molecule has 1 aromatic carbocycles. The van der Waals surface area contributed by atoms with Gasteiger partial charge >= 0.3 is 0 Å². The highest BCUT2D eigenvalue weighted by Gasteiger charge is 2.16. The molecule has 0 aliphatic carbocycles. The number of hydrogen-bond donors (Lipinski definition) is 2. The Morgan fingerprint density at radius 3 is 2.64 bits per heavy atom. The fourth-order valence-corrected chi connectivity index (χ4v) is 3.02. The van der Waals surface area contributed by atoms with Crippen LogP contribution in [0.4, 0.5) is 0 Å². The van der Waals surface area contributed by atoms with E-state index in [0.29, 0.717) is 11.4 Å². The largest absolute Gasteiger partial charge is 0.497 e. The topological polar surface area (TPSA) is 70.7 Å². The van der Waals surface area contributed by atoms with Gasteiger partial charge in [-0.25, -0.2) is 0 Å². The normalized spacial score (nSPS) is 11.8. The Labute approximate surface area is 151 Å². The molecule has 134 valence electrons. The fraction of sp³-hybridized carbons (Fsp3) is 0.333. The third-order valence-corrected chi connectivity index (χ3v) is 4.62. The molecule has 0 saturated heterocycles. The molecule has 6 nitrogen and oxygen atoms in total. The number of likely N-dealkylation sites (N-methyl/N-ethyl adjacent to an activating group) is 1. The molecule has 1 heterocycles. The number of rotatable bonds is 8. The highest BCUT2D eigenvalue weighted by atomic mass is 32.1. The SMILES string of the molecule is COc1cccc(C(CNC(=O)CNC(=O)c2cccs2)N(C)C)c1. The highest BCUT2D eigenvalue weighted by molar-refractivity contribution is 7.12. The lowest BCUT2D eigenvalue weighted by atomic mass is 10.1. The first kappa shape index (κ1) is 19.0. The Hall–Kier alpha value is -2.38. The number of carbonyl (C=O) groups is 2. The molecule has 2 rings (SSSR count). The van der Waals surface area contributed by atoms with Crippen molar-refractivity contribution in [3.63, 3.8) is 0 Å². The average molecular weight is 361 g/mol. The van der Waals surface area contributed by atoms with Crippen molar-refractivity contribution in [2.45, 2.75) is 6.04 Å². The Kier molecular flexibility index (Phi) is 6.97. The van der Waals surface area contributed by atoms with Crippen LogP contribution in [0.25, 0.3) is 0 Å². The molecule has 1 aromatic heterocycles. The lowest BCUT2D eigenvalue weighted by Crippen LogP contribution is -2.40. The van der Waals surface area contributed by atoms with E-state index >= 15 is 0 Å². The molecule has 2 aromatic rings. The van der Waals surface area contributed by atoms with E-state index in [-0.39, 0.29) is 24.4 Å². The quantitative estimate of drug-likeness (QED) is 0.753. The summed E-state index contributed by atoms with van der Waals surface area (Å²) in [6.45, 7) is 0.392. The number of carbonyl (C=O) groups excluding carboxylic acids is 2. The zero-order valence-electron chi connectivity index (χ0n) is 14.6. The van der Waals surface area contributed by atoms with Crippen LogP contribution < -0.4 is 15.4 Å². The Bertz CT molecular complexity index is 701. The zero-order chi connectivity index (χ0) is 18.2. The predicted octanol–water partition coefficient (Wildman–Crippen LogP) is 1.91. The van der Waals surface area contributed by atoms with Crippen molar-refractivity contribution in [2.24, 2.45) is 0 Å². The van der Waals surface area contributed by atoms with Gasteiger partial charge < -0.3 is 20.3 Å². The van der Waals surface area contributed by atoms with Crippen LogP contribution in [-0.2, 0) is 4.79 Å². The Morgan fingerprint density at radius 1 is 1.20 bits per heavy atom. The number of ether oxygens (including phenoxy) is 1. The van der Waals surface area contributed by atoms with E-state index in [1.54, 1.807) is 19.2 Å². The van der Waals surface area contributed by atoms with Crippen LogP contribution in [0.5, 0.6) is 5.75 Å². The average Bonchev–Trinajstić information content (AvgIpc) is 3.14. The molecule has 0 radical (unpaired) electrons. The Morgan fingerprint density at radius 2 is 2.00 bits per heavy atom. The van der Waals surface area contributed by atoms with Gasteiger partial charge in [-0.1, -0.05) is 18.2 Å². The predicted molar refractivity (Wildman–Crippen MR) is 99.1 cm³/mol. The summed E-state index contributed by atoms with van der Waals surface area (Å²) >= 11 is 1.34. The minimum absolute atomic E-state index is 0.00653. The van der Waals surface area contributed by atoms with Gasteiger partial charge in [-0.3, -0.25) is 9.59 Å². The van der Waals surface area contributed by atoms with Crippen LogP contribution in [0.2, 0.25) is 0 Å². The summed E-state index contributed by atoms with van der Waals surface area (Å²) in [7, 11) is 5.53. The summed E-state index contributed by atoms with van der Waals surface area (Å²) in [6, 6.07) is 11.3. The second-order valence-corrected chi connectivity index (χ2v) is 6.67. The first-order valence-electron chi connectivity index (χ1n) is 7.90. The molecule has 2 N–H and O–H groups in total. The van der Waals surface area contributed by atoms with Crippen molar-refractivity contribution in [3.8, 4) is 5.75 Å². The number of methoxy groups -OCH3 is 1. The molecule has 0 fully saturated rings. The van der Waals surface area contributed by atoms with Crippen molar-refractivity contribution in [1.29, 1.82) is 0 Å². The maximum atomic E-state index is 12.0. The van der Waals surface area contributed by atoms with Crippen LogP contribution >= 0.6 is 11.3 Å². The van der Waals surface area contributed by atoms with Crippen LogP contribution in [0.1, 0.15) is 21.3 Å². The standard InChI is InChI=1S/C18H23N3O3S/c1-21(2)15(13-6-4-7-14(10-13)24-3)11-19-17(22)12-20-18(23)16-8-5-9-25-16/h4-10,15H,11-12H2,1-3H3,(H,19,22)(H,20,23). The number of nitrogens with zero attached hydrogens (tertiary/aromatic N) is 1. The fourth-order valence-electron chi connectivity index (χ4n) is 2.38. The van der Waals surface area contributed by atoms with Crippen LogP contribution in [-0.4, -0.2) is 51.0 Å². The molecule has 1 atom stereocenters. The van der Waals surface area contributed by atoms with Gasteiger partial charge in [0.2, 0.25) is 5.91 Å². The maximum absolute atomic E-state index is 12.0. The minimum Gasteiger partial charge on any atom is -0.497 e. The van der Waals surface area contributed by atoms with Gasteiger partial charge in [0, 0.05) is 6.54 Å². The van der Waals surface area contributed by atoms with E-state index < -0.39 is 0 Å². The molecule has 0 aliphatic rings. The maximum Gasteiger partial charge on any atom is 0.261 e. The van der Waals surface area contributed by atoms with Crippen LogP contribution in [0.3, 0.4) is 0 Å². The van der Waals surface area contributed by atoms with E-state index in [1.807, 2.05) is 48.6 Å². The van der Waals surface area contributed by atoms with Gasteiger partial charge in [0.05, 0.1) is 24.6 Å². The second kappa shape index (κ2) is 9.19. The second-order valence-electron chi connectivity index (χ2n) is 5.72. The zero-order valence-corrected chi connectivity index (χ0v) is 15.4. The Balaban J connectivity index is 1.87. The van der Waals surface area contributed by atoms with E-state index in [1.165, 1.54) is 11.3 Å². The first-order chi connectivity index (χ1) is 12.0. The van der Waals surface area contributed by atoms with Crippen molar-refractivity contribution < 1.29 is 14.3 Å². The smallest absolute Gasteiger partial charge is 0.261 e. The van der Waals surface area contributed by atoms with Crippen molar-refractivity contribution in [3.05, 3.63) is 52.2 Å². The lowest BCUT2D eigenvalue weighted by Gasteiger charge is -2.25. The first-order valence-corrected chi connectivity index (χ1v) is 8.78. The van der Waals surface area contributed by atoms with E-state index in [9.17, 15) is 9.59 Å². The number of hydrogen-bond acceptors (Lipinski definition) is 5. The van der Waals surface area contributed by atoms with Gasteiger partial charge in [-0.15, -0.1) is 11.3 Å². The molecule has 1 unspecified atom stereocenters. The van der Waals surface area contributed by atoms with Gasteiger partial charge in [0.15, 0.2) is 0 Å². The summed E-state index contributed by atoms with van der Waals surface area (Å²) < 4.78 is 5.26. The number of amides is 2. The molecule has 7 heteroatoms. The monoisotopic (exact) mass is 361 g/mol. The summed E-state index contributed by atoms with van der Waals surface area (Å²) in [4.78, 5) is 26.5. The van der Waals surface area contributed by atoms with Gasteiger partial charge in [-0.2, -0.15) is 0 Å². The highest BCUT2D eigenvalue weighted by Crippen LogP contribution is 2.22. The third-order valence-electron chi connectivity index (χ3n) is 3.75. The van der Waals surface area contributed by atoms with E-state index in [4.69, 9.17) is 4.74 Å². The molecule has 0 spiro atoms. The van der Waals surface area contributed by atoms with Crippen molar-refractivity contribution in [2.75, 3.05) is 34.3 Å². The molecule has 25 heavy (non-hydrogen) atoms. The molecule has 0 aliphatic heterocycles. The minimum atomic E-state index is -0.234. The summed E-state index contributed by atoms with van der Waals surface area (Å²) in [5.74, 6) is 0.320. The van der Waals surface area contributed by atoms with Crippen LogP contribution in [0, 0.1) is 0 Å². The summed E-state index contributed by atoms with van der Waals surface area (Å²) in [6.07, 6.45) is 0. The summed E-state index contributed by atoms with van der Waals surface area (Å²) in [5.41, 5.74) is 1.05. The lowest BCUT2D eigenvalue weighted by molar-refractivity contribution is -0.120. The number of benzene rings is 1. The van der Waals surface area contributed by atoms with E-state index in [0.717, 1.165) is 11.3 Å². The molecular formula is C18H23N3O3S. The molecular weight excluding hydrogens is 338 g/mol. The summed E-state index contributed by atoms with van der Waals surface area (Å²) in [5, 5.41) is 7.31. The molecule has 0 saturated carbocycles. The molecule has 0 bridgehead atoms. The number of thiophene rings is 1. The van der Waals surface area contributed by atoms with Crippen molar-refractivity contribution >= 4 is 23.2 Å². The van der Waals surface area contributed by atoms with E-state index in [2.05, 4.69) is 10.6 Å². The van der Waals surface area contributed by atoms with Crippen LogP contribution in [0.15, 0.2) is 41.8 Å². The third kappa shape index (κ3) is 5.58. The number of nitrogens with one attached hydrogen (secondary N) is 2. The van der Waals surface area contributed by atoms with Gasteiger partial charge in [-0.05, 0) is 43.2 Å². The van der Waals surface area contributed by atoms with Crippen molar-refractivity contribution in [1.82, 2.24) is 15.5 Å². The molecule has 2 amide bonds. The van der Waals surface area contributed by atoms with Gasteiger partial charge in [0.25, 0.3) is 5.91 Å².